The van der Waals surface area contributed by atoms with Crippen LogP contribution >= 0.6 is 11.8 Å². The lowest BCUT2D eigenvalue weighted by Crippen LogP contribution is -2.30. The van der Waals surface area contributed by atoms with Gasteiger partial charge in [-0.25, -0.2) is 0 Å². The van der Waals surface area contributed by atoms with E-state index in [2.05, 4.69) is 16.0 Å². The summed E-state index contributed by atoms with van der Waals surface area (Å²) in [5, 5.41) is 8.06. The minimum Gasteiger partial charge on any atom is -0.497 e. The number of hydrogen-bond acceptors (Lipinski definition) is 6. The molecule has 1 atom stereocenters. The molecule has 0 aromatic heterocycles. The van der Waals surface area contributed by atoms with E-state index in [4.69, 9.17) is 9.47 Å². The zero-order valence-electron chi connectivity index (χ0n) is 24.3. The Morgan fingerprint density at radius 1 is 0.814 bits per heavy atom. The van der Waals surface area contributed by atoms with Crippen molar-refractivity contribution in [2.24, 2.45) is 0 Å². The summed E-state index contributed by atoms with van der Waals surface area (Å²) in [5.74, 6) is 0.00821. The second-order valence-electron chi connectivity index (χ2n) is 9.59. The van der Waals surface area contributed by atoms with Crippen molar-refractivity contribution in [3.63, 3.8) is 0 Å². The van der Waals surface area contributed by atoms with E-state index >= 15 is 0 Å². The van der Waals surface area contributed by atoms with Crippen molar-refractivity contribution in [3.8, 4) is 11.5 Å². The maximum absolute atomic E-state index is 13.4. The molecule has 1 unspecified atom stereocenters. The van der Waals surface area contributed by atoms with Crippen molar-refractivity contribution in [2.45, 2.75) is 24.0 Å². The van der Waals surface area contributed by atoms with Gasteiger partial charge < -0.3 is 25.4 Å². The fourth-order valence-electron chi connectivity index (χ4n) is 4.12. The lowest BCUT2D eigenvalue weighted by molar-refractivity contribution is -0.115. The molecule has 9 heteroatoms. The van der Waals surface area contributed by atoms with Gasteiger partial charge in [-0.3, -0.25) is 14.4 Å². The van der Waals surface area contributed by atoms with Gasteiger partial charge in [0, 0.05) is 22.2 Å². The van der Waals surface area contributed by atoms with E-state index in [1.807, 2.05) is 43.3 Å². The first-order chi connectivity index (χ1) is 20.7. The molecular formula is C34H33N3O5S. The zero-order valence-corrected chi connectivity index (χ0v) is 25.2. The molecule has 0 bridgehead atoms. The van der Waals surface area contributed by atoms with Crippen molar-refractivity contribution in [3.05, 3.63) is 119 Å². The van der Waals surface area contributed by atoms with Crippen LogP contribution in [0.3, 0.4) is 0 Å². The number of nitrogens with one attached hydrogen (secondary N) is 3. The number of carbonyl (C=O) groups excluding carboxylic acids is 3. The molecule has 3 amide bonds. The molecule has 0 aliphatic heterocycles. The summed E-state index contributed by atoms with van der Waals surface area (Å²) in [6.07, 6.45) is 1.64. The summed E-state index contributed by atoms with van der Waals surface area (Å²) in [5.41, 5.74) is 3.35. The Balaban J connectivity index is 1.48. The average Bonchev–Trinajstić information content (AvgIpc) is 3.01. The summed E-state index contributed by atoms with van der Waals surface area (Å²) in [6.45, 7) is 3.75. The van der Waals surface area contributed by atoms with Crippen LogP contribution in [0.15, 0.2) is 108 Å². The van der Waals surface area contributed by atoms with Crippen LogP contribution in [-0.2, 0) is 9.59 Å². The summed E-state index contributed by atoms with van der Waals surface area (Å²) < 4.78 is 10.6. The summed E-state index contributed by atoms with van der Waals surface area (Å²) in [4.78, 5) is 40.1. The SMILES string of the molecule is COc1ccc(OC)c(NC(=O)C(C)Sc2cccc(NC(=O)/C(=C\c3cccc(C)c3)NC(=O)c3ccccc3)c2)c1. The number of ether oxygens (including phenoxy) is 2. The van der Waals surface area contributed by atoms with Gasteiger partial charge in [0.2, 0.25) is 5.91 Å². The fourth-order valence-corrected chi connectivity index (χ4v) is 5.04. The number of thioether (sulfide) groups is 1. The molecule has 0 radical (unpaired) electrons. The summed E-state index contributed by atoms with van der Waals surface area (Å²) in [7, 11) is 3.08. The van der Waals surface area contributed by atoms with Crippen molar-refractivity contribution in [2.75, 3.05) is 24.9 Å². The topological polar surface area (TPSA) is 106 Å². The van der Waals surface area contributed by atoms with Crippen molar-refractivity contribution in [1.82, 2.24) is 5.32 Å². The molecule has 4 aromatic rings. The number of carbonyl (C=O) groups is 3. The molecule has 220 valence electrons. The van der Waals surface area contributed by atoms with E-state index < -0.39 is 17.1 Å². The highest BCUT2D eigenvalue weighted by Crippen LogP contribution is 2.31. The first-order valence-corrected chi connectivity index (χ1v) is 14.4. The number of amides is 3. The normalized spacial score (nSPS) is 11.7. The fraction of sp³-hybridized carbons (Fsp3) is 0.147. The second-order valence-corrected chi connectivity index (χ2v) is 11.0. The van der Waals surface area contributed by atoms with Crippen LogP contribution in [0, 0.1) is 6.92 Å². The number of anilines is 2. The lowest BCUT2D eigenvalue weighted by Gasteiger charge is -2.16. The maximum atomic E-state index is 13.4. The van der Waals surface area contributed by atoms with Gasteiger partial charge >= 0.3 is 0 Å². The van der Waals surface area contributed by atoms with Crippen molar-refractivity contribution in [1.29, 1.82) is 0 Å². The van der Waals surface area contributed by atoms with Crippen LogP contribution < -0.4 is 25.4 Å². The number of hydrogen-bond donors (Lipinski definition) is 3. The van der Waals surface area contributed by atoms with E-state index in [-0.39, 0.29) is 11.6 Å². The Morgan fingerprint density at radius 3 is 2.30 bits per heavy atom. The third-order valence-electron chi connectivity index (χ3n) is 6.32. The number of rotatable bonds is 11. The minimum absolute atomic E-state index is 0.0949. The molecule has 3 N–H and O–H groups in total. The van der Waals surface area contributed by atoms with Gasteiger partial charge in [0.05, 0.1) is 25.2 Å². The molecule has 0 heterocycles. The van der Waals surface area contributed by atoms with Gasteiger partial charge in [0.1, 0.15) is 17.2 Å². The highest BCUT2D eigenvalue weighted by molar-refractivity contribution is 8.00. The number of benzene rings is 4. The van der Waals surface area contributed by atoms with Crippen LogP contribution in [0.1, 0.15) is 28.4 Å². The Morgan fingerprint density at radius 2 is 1.58 bits per heavy atom. The molecule has 0 aliphatic rings. The predicted molar refractivity (Wildman–Crippen MR) is 172 cm³/mol. The number of aryl methyl sites for hydroxylation is 1. The van der Waals surface area contributed by atoms with E-state index in [1.54, 1.807) is 80.8 Å². The van der Waals surface area contributed by atoms with Crippen LogP contribution in [0.25, 0.3) is 6.08 Å². The Labute approximate surface area is 255 Å². The number of methoxy groups -OCH3 is 2. The van der Waals surface area contributed by atoms with Gasteiger partial charge in [-0.1, -0.05) is 54.1 Å². The van der Waals surface area contributed by atoms with Crippen LogP contribution in [-0.4, -0.2) is 37.2 Å². The van der Waals surface area contributed by atoms with Gasteiger partial charge in [-0.15, -0.1) is 11.8 Å². The van der Waals surface area contributed by atoms with E-state index in [0.717, 1.165) is 16.0 Å². The van der Waals surface area contributed by atoms with E-state index in [9.17, 15) is 14.4 Å². The molecule has 4 aromatic carbocycles. The molecule has 0 spiro atoms. The summed E-state index contributed by atoms with van der Waals surface area (Å²) in [6, 6.07) is 28.7. The standard InChI is InChI=1S/C34H33N3O5S/c1-22-10-8-11-24(18-22)19-30(37-33(39)25-12-6-5-7-13-25)34(40)35-26-14-9-15-28(20-26)43-23(2)32(38)36-29-21-27(41-3)16-17-31(29)42-4/h5-21,23H,1-4H3,(H,35,40)(H,36,38)(H,37,39)/b30-19+. The molecule has 0 saturated heterocycles. The highest BCUT2D eigenvalue weighted by atomic mass is 32.2. The second kappa shape index (κ2) is 14.7. The molecule has 43 heavy (non-hydrogen) atoms. The van der Waals surface area contributed by atoms with Crippen LogP contribution in [0.4, 0.5) is 11.4 Å². The van der Waals surface area contributed by atoms with Gasteiger partial charge in [-0.05, 0) is 68.0 Å². The van der Waals surface area contributed by atoms with Gasteiger partial charge in [0.25, 0.3) is 11.8 Å². The third kappa shape index (κ3) is 8.73. The first kappa shape index (κ1) is 30.9. The third-order valence-corrected chi connectivity index (χ3v) is 7.41. The monoisotopic (exact) mass is 595 g/mol. The van der Waals surface area contributed by atoms with Crippen molar-refractivity contribution < 1.29 is 23.9 Å². The Bertz CT molecular complexity index is 1640. The maximum Gasteiger partial charge on any atom is 0.272 e. The van der Waals surface area contributed by atoms with Crippen molar-refractivity contribution >= 4 is 46.9 Å². The molecular weight excluding hydrogens is 562 g/mol. The molecule has 0 saturated carbocycles. The molecule has 0 aliphatic carbocycles. The minimum atomic E-state index is -0.483. The molecule has 4 rings (SSSR count). The Kier molecular flexibility index (Phi) is 10.6. The largest absolute Gasteiger partial charge is 0.497 e. The van der Waals surface area contributed by atoms with Crippen LogP contribution in [0.5, 0.6) is 11.5 Å². The first-order valence-electron chi connectivity index (χ1n) is 13.5. The Hall–Kier alpha value is -5.02. The van der Waals surface area contributed by atoms with E-state index in [0.29, 0.717) is 28.4 Å². The van der Waals surface area contributed by atoms with E-state index in [1.165, 1.54) is 18.9 Å². The lowest BCUT2D eigenvalue weighted by atomic mass is 10.1. The molecule has 8 nitrogen and oxygen atoms in total. The smallest absolute Gasteiger partial charge is 0.272 e. The van der Waals surface area contributed by atoms with Gasteiger partial charge in [0.15, 0.2) is 0 Å². The summed E-state index contributed by atoms with van der Waals surface area (Å²) >= 11 is 1.34. The zero-order chi connectivity index (χ0) is 30.8. The van der Waals surface area contributed by atoms with Crippen LogP contribution in [0.2, 0.25) is 0 Å². The highest BCUT2D eigenvalue weighted by Gasteiger charge is 2.19. The predicted octanol–water partition coefficient (Wildman–Crippen LogP) is 6.54. The van der Waals surface area contributed by atoms with Gasteiger partial charge in [-0.2, -0.15) is 0 Å². The quantitative estimate of drug-likeness (QED) is 0.134. The average molecular weight is 596 g/mol. The molecule has 0 fully saturated rings.